The van der Waals surface area contributed by atoms with E-state index >= 15 is 0 Å². The second kappa shape index (κ2) is 7.91. The summed E-state index contributed by atoms with van der Waals surface area (Å²) in [5, 5.41) is 53.1. The first-order chi connectivity index (χ1) is 7.95. The first-order valence-electron chi connectivity index (χ1n) is 4.20. The van der Waals surface area contributed by atoms with E-state index in [-0.39, 0.29) is 0 Å². The minimum atomic E-state index is -1.99. The van der Waals surface area contributed by atoms with Crippen molar-refractivity contribution in [2.45, 2.75) is 22.1 Å². The molecule has 0 aromatic carbocycles. The molecule has 0 saturated carbocycles. The van der Waals surface area contributed by atoms with Gasteiger partial charge in [0.05, 0.1) is 0 Å². The van der Waals surface area contributed by atoms with Gasteiger partial charge in [0.1, 0.15) is 13.2 Å². The Morgan fingerprint density at radius 1 is 1.11 bits per heavy atom. The number of nitrogens with zero attached hydrogens (tertiary/aromatic N) is 2. The molecule has 0 aliphatic carbocycles. The van der Waals surface area contributed by atoms with Gasteiger partial charge in [0.15, 0.2) is 0 Å². The zero-order valence-corrected chi connectivity index (χ0v) is 12.2. The van der Waals surface area contributed by atoms with E-state index in [1.165, 1.54) is 0 Å². The number of halogens is 2. The number of rotatable bonds is 5. The Bertz CT molecular complexity index is 279. The molecule has 0 bridgehead atoms. The highest BCUT2D eigenvalue weighted by atomic mass is 79.9. The van der Waals surface area contributed by atoms with E-state index in [1.54, 1.807) is 0 Å². The predicted molar refractivity (Wildman–Crippen MR) is 65.4 cm³/mol. The predicted octanol–water partition coefficient (Wildman–Crippen LogP) is -0.976. The van der Waals surface area contributed by atoms with Crippen LogP contribution in [0, 0.1) is 20.2 Å². The number of hydrogen-bond donors (Lipinski definition) is 4. The third-order valence-electron chi connectivity index (χ3n) is 1.64. The maximum absolute atomic E-state index is 9.92. The van der Waals surface area contributed by atoms with E-state index in [2.05, 4.69) is 31.9 Å². The van der Waals surface area contributed by atoms with Crippen LogP contribution < -0.4 is 0 Å². The lowest BCUT2D eigenvalue weighted by molar-refractivity contribution is -0.555. The highest BCUT2D eigenvalue weighted by molar-refractivity contribution is 9.10. The Hall–Kier alpha value is -0.400. The molecule has 1 atom stereocenters. The number of aliphatic hydroxyl groups excluding tert-OH is 3. The maximum Gasteiger partial charge on any atom is 0.321 e. The topological polar surface area (TPSA) is 167 Å². The molecule has 1 unspecified atom stereocenters. The minimum Gasteiger partial charge on any atom is -0.388 e. The third-order valence-corrected chi connectivity index (χ3v) is 3.13. The normalized spacial score (nSPS) is 14.4. The Morgan fingerprint density at radius 2 is 1.44 bits per heavy atom. The van der Waals surface area contributed by atoms with Gasteiger partial charge in [0, 0.05) is 48.6 Å². The molecule has 0 aromatic heterocycles. The molecule has 0 aromatic rings. The summed E-state index contributed by atoms with van der Waals surface area (Å²) < 4.78 is -3.62. The zero-order valence-electron chi connectivity index (χ0n) is 9.06. The summed E-state index contributed by atoms with van der Waals surface area (Å²) in [6, 6.07) is 0. The molecule has 10 nitrogen and oxygen atoms in total. The summed E-state index contributed by atoms with van der Waals surface area (Å²) >= 11 is 5.06. The van der Waals surface area contributed by atoms with E-state index in [1.807, 2.05) is 0 Å². The number of hydrogen-bond acceptors (Lipinski definition) is 8. The summed E-state index contributed by atoms with van der Waals surface area (Å²) in [6.07, 6.45) is -1.99. The van der Waals surface area contributed by atoms with Crippen LogP contribution in [0.25, 0.3) is 0 Å². The van der Waals surface area contributed by atoms with E-state index < -0.39 is 38.2 Å². The fourth-order valence-electron chi connectivity index (χ4n) is 0.260. The molecule has 0 heterocycles. The molecule has 0 rings (SSSR count). The maximum atomic E-state index is 9.92. The second-order valence-corrected chi connectivity index (χ2v) is 6.23. The van der Waals surface area contributed by atoms with Crippen LogP contribution in [-0.4, -0.2) is 58.7 Å². The number of alkyl halides is 2. The number of nitro groups is 2. The average Bonchev–Trinajstić information content (AvgIpc) is 2.28. The molecule has 108 valence electrons. The van der Waals surface area contributed by atoms with Crippen LogP contribution in [-0.2, 0) is 0 Å². The lowest BCUT2D eigenvalue weighted by Gasteiger charge is -2.14. The van der Waals surface area contributed by atoms with Crippen molar-refractivity contribution >= 4 is 31.9 Å². The molecule has 4 N–H and O–H groups in total. The quantitative estimate of drug-likeness (QED) is 0.150. The van der Waals surface area contributed by atoms with Crippen LogP contribution in [0.5, 0.6) is 0 Å². The van der Waals surface area contributed by atoms with Gasteiger partial charge in [-0.05, 0) is 0 Å². The van der Waals surface area contributed by atoms with Crippen molar-refractivity contribution in [3.05, 3.63) is 20.2 Å². The van der Waals surface area contributed by atoms with Crippen molar-refractivity contribution < 1.29 is 30.3 Å². The summed E-state index contributed by atoms with van der Waals surface area (Å²) in [7, 11) is 0. The minimum absolute atomic E-state index is 0.726. The Balaban J connectivity index is 0. The van der Waals surface area contributed by atoms with Gasteiger partial charge in [-0.3, -0.25) is 20.2 Å². The third kappa shape index (κ3) is 5.97. The van der Waals surface area contributed by atoms with E-state index in [0.717, 1.165) is 6.92 Å². The van der Waals surface area contributed by atoms with Crippen molar-refractivity contribution in [2.24, 2.45) is 0 Å². The molecule has 0 aliphatic rings. The molecule has 0 aliphatic heterocycles. The molecule has 0 radical (unpaired) electrons. The summed E-state index contributed by atoms with van der Waals surface area (Å²) in [6.45, 7) is -0.398. The van der Waals surface area contributed by atoms with Crippen molar-refractivity contribution in [2.75, 3.05) is 13.2 Å². The van der Waals surface area contributed by atoms with Crippen LogP contribution in [0.4, 0.5) is 0 Å². The van der Waals surface area contributed by atoms with Gasteiger partial charge in [0.25, 0.3) is 0 Å². The Kier molecular flexibility index (Phi) is 8.76. The number of aliphatic hydroxyl groups is 4. The molecule has 0 saturated heterocycles. The van der Waals surface area contributed by atoms with E-state index in [0.29, 0.717) is 0 Å². The van der Waals surface area contributed by atoms with Gasteiger partial charge < -0.3 is 20.4 Å². The van der Waals surface area contributed by atoms with Crippen molar-refractivity contribution in [1.29, 1.82) is 0 Å². The molecular formula is C6H12Br2N2O8. The van der Waals surface area contributed by atoms with Crippen molar-refractivity contribution in [3.8, 4) is 0 Å². The van der Waals surface area contributed by atoms with E-state index in [4.69, 9.17) is 20.4 Å². The molecule has 12 heteroatoms. The molecule has 0 spiro atoms. The molecule has 0 amide bonds. The van der Waals surface area contributed by atoms with Crippen LogP contribution in [0.3, 0.4) is 0 Å². The van der Waals surface area contributed by atoms with Gasteiger partial charge in [-0.25, -0.2) is 0 Å². The molecule has 0 fully saturated rings. The largest absolute Gasteiger partial charge is 0.388 e. The summed E-state index contributed by atoms with van der Waals surface area (Å²) in [5.74, 6) is 0. The van der Waals surface area contributed by atoms with Gasteiger partial charge >= 0.3 is 8.90 Å². The highest BCUT2D eigenvalue weighted by Gasteiger charge is 2.41. The first kappa shape index (κ1) is 19.9. The first-order valence-corrected chi connectivity index (χ1v) is 5.79. The van der Waals surface area contributed by atoms with Crippen molar-refractivity contribution in [1.82, 2.24) is 0 Å². The molecular weight excluding hydrogens is 388 g/mol. The summed E-state index contributed by atoms with van der Waals surface area (Å²) in [5.41, 5.74) is 0. The Labute approximate surface area is 118 Å². The van der Waals surface area contributed by atoms with E-state index in [9.17, 15) is 20.2 Å². The smallest absolute Gasteiger partial charge is 0.321 e. The second-order valence-electron chi connectivity index (χ2n) is 3.15. The fourth-order valence-corrected chi connectivity index (χ4v) is 0.260. The van der Waals surface area contributed by atoms with Gasteiger partial charge in [0.2, 0.25) is 6.29 Å². The standard InChI is InChI=1S/2C3H6BrNO4/c1-3(4,2(6)7)5(8)9;4-3(1-6,2-7)5(8)9/h2,6-7H,1H3;6-7H,1-2H2. The highest BCUT2D eigenvalue weighted by Crippen LogP contribution is 2.20. The Morgan fingerprint density at radius 3 is 1.44 bits per heavy atom. The van der Waals surface area contributed by atoms with Crippen LogP contribution in [0.15, 0.2) is 0 Å². The van der Waals surface area contributed by atoms with Crippen LogP contribution in [0.2, 0.25) is 0 Å². The summed E-state index contributed by atoms with van der Waals surface area (Å²) in [4.78, 5) is 18.2. The monoisotopic (exact) mass is 398 g/mol. The average molecular weight is 400 g/mol. The van der Waals surface area contributed by atoms with Gasteiger partial charge in [-0.15, -0.1) is 0 Å². The fraction of sp³-hybridized carbons (Fsp3) is 1.00. The van der Waals surface area contributed by atoms with Gasteiger partial charge in [-0.2, -0.15) is 0 Å². The lowest BCUT2D eigenvalue weighted by atomic mass is 10.3. The van der Waals surface area contributed by atoms with Crippen LogP contribution in [0.1, 0.15) is 6.92 Å². The van der Waals surface area contributed by atoms with Crippen LogP contribution >= 0.6 is 31.9 Å². The lowest BCUT2D eigenvalue weighted by Crippen LogP contribution is -2.40. The van der Waals surface area contributed by atoms with Crippen molar-refractivity contribution in [3.63, 3.8) is 0 Å². The SMILES string of the molecule is CC(Br)(C(O)O)[N+](=O)[O-].O=[N+]([O-])C(Br)(CO)CO. The zero-order chi connectivity index (χ0) is 15.1. The van der Waals surface area contributed by atoms with Gasteiger partial charge in [-0.1, -0.05) is 0 Å². The molecule has 18 heavy (non-hydrogen) atoms.